The largest absolute Gasteiger partial charge is 0.449 e. The maximum Gasteiger partial charge on any atom is 0.338 e. The maximum atomic E-state index is 12.1. The monoisotopic (exact) mass is 331 g/mol. The molecule has 1 aliphatic rings. The summed E-state index contributed by atoms with van der Waals surface area (Å²) in [5.74, 6) is 0.312. The van der Waals surface area contributed by atoms with Gasteiger partial charge in [-0.15, -0.1) is 0 Å². The van der Waals surface area contributed by atoms with E-state index in [0.717, 1.165) is 0 Å². The smallest absolute Gasteiger partial charge is 0.338 e. The molecule has 1 saturated carbocycles. The average Bonchev–Trinajstić information content (AvgIpc) is 2.60. The van der Waals surface area contributed by atoms with E-state index in [0.29, 0.717) is 23.9 Å². The molecule has 1 aromatic rings. The molecule has 0 bridgehead atoms. The zero-order valence-electron chi connectivity index (χ0n) is 15.0. The van der Waals surface area contributed by atoms with Crippen LogP contribution >= 0.6 is 0 Å². The molecule has 2 rings (SSSR count). The quantitative estimate of drug-likeness (QED) is 0.800. The summed E-state index contributed by atoms with van der Waals surface area (Å²) in [5.41, 5.74) is 1.65. The molecule has 4 nitrogen and oxygen atoms in total. The Hall–Kier alpha value is -1.84. The second-order valence-electron chi connectivity index (χ2n) is 7.07. The van der Waals surface area contributed by atoms with Crippen molar-refractivity contribution in [2.75, 3.05) is 6.54 Å². The zero-order valence-corrected chi connectivity index (χ0v) is 15.0. The lowest BCUT2D eigenvalue weighted by Crippen LogP contribution is -2.38. The Labute approximate surface area is 145 Å². The van der Waals surface area contributed by atoms with Crippen molar-refractivity contribution in [2.24, 2.45) is 5.92 Å². The molecule has 1 aliphatic carbocycles. The van der Waals surface area contributed by atoms with Crippen molar-refractivity contribution in [3.63, 3.8) is 0 Å². The third-order valence-electron chi connectivity index (χ3n) is 4.76. The molecule has 0 aromatic heterocycles. The first kappa shape index (κ1) is 18.5. The van der Waals surface area contributed by atoms with Crippen molar-refractivity contribution in [1.29, 1.82) is 0 Å². The highest BCUT2D eigenvalue weighted by molar-refractivity contribution is 5.92. The fourth-order valence-corrected chi connectivity index (χ4v) is 3.07. The lowest BCUT2D eigenvalue weighted by molar-refractivity contribution is -0.129. The fraction of sp³-hybridized carbons (Fsp3) is 0.600. The Morgan fingerprint density at radius 3 is 2.29 bits per heavy atom. The molecule has 0 heterocycles. The van der Waals surface area contributed by atoms with Gasteiger partial charge >= 0.3 is 5.97 Å². The number of hydrogen-bond donors (Lipinski definition) is 1. The van der Waals surface area contributed by atoms with Crippen LogP contribution in [-0.2, 0) is 9.53 Å². The van der Waals surface area contributed by atoms with Gasteiger partial charge in [-0.05, 0) is 49.3 Å². The average molecular weight is 331 g/mol. The molecule has 1 N–H and O–H groups in total. The number of ether oxygens (including phenoxy) is 1. The van der Waals surface area contributed by atoms with Gasteiger partial charge in [-0.3, -0.25) is 4.79 Å². The number of benzene rings is 1. The van der Waals surface area contributed by atoms with Crippen LogP contribution in [0.2, 0.25) is 0 Å². The van der Waals surface area contributed by atoms with Gasteiger partial charge in [0.1, 0.15) is 0 Å². The third kappa shape index (κ3) is 5.36. The Morgan fingerprint density at radius 1 is 1.08 bits per heavy atom. The van der Waals surface area contributed by atoms with E-state index in [9.17, 15) is 9.59 Å². The second kappa shape index (κ2) is 8.86. The SMILES string of the molecule is CC(C)c1ccc(C(=O)O[C@H](C)C(=O)NCC2CCCCC2)cc1. The summed E-state index contributed by atoms with van der Waals surface area (Å²) in [7, 11) is 0. The number of carbonyl (C=O) groups is 2. The first-order chi connectivity index (χ1) is 11.5. The van der Waals surface area contributed by atoms with E-state index in [1.165, 1.54) is 37.7 Å². The number of hydrogen-bond acceptors (Lipinski definition) is 3. The van der Waals surface area contributed by atoms with E-state index >= 15 is 0 Å². The summed E-state index contributed by atoms with van der Waals surface area (Å²) < 4.78 is 5.29. The van der Waals surface area contributed by atoms with Crippen molar-refractivity contribution in [3.8, 4) is 0 Å². The summed E-state index contributed by atoms with van der Waals surface area (Å²) in [4.78, 5) is 24.3. The Balaban J connectivity index is 1.80. The van der Waals surface area contributed by atoms with Crippen LogP contribution in [0.3, 0.4) is 0 Å². The number of esters is 1. The van der Waals surface area contributed by atoms with E-state index in [2.05, 4.69) is 19.2 Å². The highest BCUT2D eigenvalue weighted by Crippen LogP contribution is 2.22. The molecule has 0 aliphatic heterocycles. The van der Waals surface area contributed by atoms with Crippen LogP contribution in [0.5, 0.6) is 0 Å². The topological polar surface area (TPSA) is 55.4 Å². The highest BCUT2D eigenvalue weighted by atomic mass is 16.5. The summed E-state index contributed by atoms with van der Waals surface area (Å²) in [6, 6.07) is 7.36. The van der Waals surface area contributed by atoms with E-state index in [1.807, 2.05) is 12.1 Å². The predicted molar refractivity (Wildman–Crippen MR) is 95.0 cm³/mol. The van der Waals surface area contributed by atoms with Gasteiger partial charge < -0.3 is 10.1 Å². The van der Waals surface area contributed by atoms with Crippen LogP contribution in [-0.4, -0.2) is 24.5 Å². The molecular weight excluding hydrogens is 302 g/mol. The molecule has 132 valence electrons. The third-order valence-corrected chi connectivity index (χ3v) is 4.76. The van der Waals surface area contributed by atoms with Crippen LogP contribution in [0.4, 0.5) is 0 Å². The molecule has 24 heavy (non-hydrogen) atoms. The van der Waals surface area contributed by atoms with Gasteiger partial charge in [0.2, 0.25) is 0 Å². The number of amides is 1. The molecule has 0 radical (unpaired) electrons. The molecular formula is C20H29NO3. The maximum absolute atomic E-state index is 12.1. The van der Waals surface area contributed by atoms with Crippen LogP contribution in [0.1, 0.15) is 74.7 Å². The predicted octanol–water partition coefficient (Wildman–Crippen LogP) is 4.05. The van der Waals surface area contributed by atoms with E-state index < -0.39 is 12.1 Å². The molecule has 1 fully saturated rings. The molecule has 4 heteroatoms. The summed E-state index contributed by atoms with van der Waals surface area (Å²) >= 11 is 0. The van der Waals surface area contributed by atoms with Crippen molar-refractivity contribution in [1.82, 2.24) is 5.32 Å². The Morgan fingerprint density at radius 2 is 1.71 bits per heavy atom. The van der Waals surface area contributed by atoms with Gasteiger partial charge in [-0.25, -0.2) is 4.79 Å². The van der Waals surface area contributed by atoms with E-state index in [4.69, 9.17) is 4.74 Å². The number of nitrogens with one attached hydrogen (secondary N) is 1. The van der Waals surface area contributed by atoms with Crippen molar-refractivity contribution in [3.05, 3.63) is 35.4 Å². The van der Waals surface area contributed by atoms with Gasteiger partial charge in [0.25, 0.3) is 5.91 Å². The standard InChI is InChI=1S/C20H29NO3/c1-14(2)17-9-11-18(12-10-17)20(23)24-15(3)19(22)21-13-16-7-5-4-6-8-16/h9-12,14-16H,4-8,13H2,1-3H3,(H,21,22)/t15-/m1/s1. The van der Waals surface area contributed by atoms with Crippen LogP contribution in [0, 0.1) is 5.92 Å². The van der Waals surface area contributed by atoms with Gasteiger partial charge in [0.15, 0.2) is 6.10 Å². The zero-order chi connectivity index (χ0) is 17.5. The molecule has 0 saturated heterocycles. The fourth-order valence-electron chi connectivity index (χ4n) is 3.07. The lowest BCUT2D eigenvalue weighted by atomic mass is 9.89. The lowest BCUT2D eigenvalue weighted by Gasteiger charge is -2.22. The van der Waals surface area contributed by atoms with Crippen molar-refractivity contribution in [2.45, 2.75) is 64.9 Å². The highest BCUT2D eigenvalue weighted by Gasteiger charge is 2.20. The molecule has 1 aromatic carbocycles. The summed E-state index contributed by atoms with van der Waals surface area (Å²) in [5, 5.41) is 2.92. The number of carbonyl (C=O) groups excluding carboxylic acids is 2. The van der Waals surface area contributed by atoms with Gasteiger partial charge in [-0.1, -0.05) is 45.2 Å². The van der Waals surface area contributed by atoms with Gasteiger partial charge in [0, 0.05) is 6.54 Å². The molecule has 1 amide bonds. The van der Waals surface area contributed by atoms with Gasteiger partial charge in [-0.2, -0.15) is 0 Å². The first-order valence-corrected chi connectivity index (χ1v) is 9.06. The van der Waals surface area contributed by atoms with Crippen molar-refractivity contribution >= 4 is 11.9 Å². The molecule has 1 atom stereocenters. The van der Waals surface area contributed by atoms with Crippen LogP contribution in [0.25, 0.3) is 0 Å². The minimum absolute atomic E-state index is 0.215. The number of rotatable bonds is 6. The van der Waals surface area contributed by atoms with E-state index in [-0.39, 0.29) is 5.91 Å². The Kier molecular flexibility index (Phi) is 6.83. The van der Waals surface area contributed by atoms with Gasteiger partial charge in [0.05, 0.1) is 5.56 Å². The van der Waals surface area contributed by atoms with Crippen LogP contribution < -0.4 is 5.32 Å². The minimum atomic E-state index is -0.772. The van der Waals surface area contributed by atoms with Crippen LogP contribution in [0.15, 0.2) is 24.3 Å². The summed E-state index contributed by atoms with van der Waals surface area (Å²) in [6.45, 7) is 6.51. The Bertz CT molecular complexity index is 545. The van der Waals surface area contributed by atoms with E-state index in [1.54, 1.807) is 19.1 Å². The van der Waals surface area contributed by atoms with Crippen molar-refractivity contribution < 1.29 is 14.3 Å². The molecule has 0 unspecified atom stereocenters. The first-order valence-electron chi connectivity index (χ1n) is 9.06. The minimum Gasteiger partial charge on any atom is -0.449 e. The normalized spacial score (nSPS) is 16.7. The summed E-state index contributed by atoms with van der Waals surface area (Å²) in [6.07, 6.45) is 5.38. The second-order valence-corrected chi connectivity index (χ2v) is 7.07. The molecule has 0 spiro atoms.